The molecule has 0 unspecified atom stereocenters. The summed E-state index contributed by atoms with van der Waals surface area (Å²) in [6.45, 7) is 4.49. The zero-order valence-corrected chi connectivity index (χ0v) is 14.9. The summed E-state index contributed by atoms with van der Waals surface area (Å²) in [5.74, 6) is -0.0406. The van der Waals surface area contributed by atoms with Gasteiger partial charge in [0.2, 0.25) is 5.91 Å². The molecule has 0 aliphatic carbocycles. The highest BCUT2D eigenvalue weighted by Crippen LogP contribution is 2.24. The molecule has 0 saturated heterocycles. The maximum absolute atomic E-state index is 12.0. The number of carbonyl (C=O) groups excluding carboxylic acids is 1. The lowest BCUT2D eigenvalue weighted by molar-refractivity contribution is -0.115. The van der Waals surface area contributed by atoms with Crippen molar-refractivity contribution in [2.75, 3.05) is 17.2 Å². The van der Waals surface area contributed by atoms with Gasteiger partial charge < -0.3 is 10.6 Å². The topological polar surface area (TPSA) is 41.1 Å². The molecule has 116 valence electrons. The Balaban J connectivity index is 1.87. The van der Waals surface area contributed by atoms with Crippen LogP contribution in [-0.2, 0) is 4.79 Å². The van der Waals surface area contributed by atoms with E-state index in [0.717, 1.165) is 21.4 Å². The van der Waals surface area contributed by atoms with Crippen molar-refractivity contribution in [3.63, 3.8) is 0 Å². The maximum Gasteiger partial charge on any atom is 0.226 e. The van der Waals surface area contributed by atoms with Crippen LogP contribution in [0.15, 0.2) is 40.9 Å². The van der Waals surface area contributed by atoms with E-state index in [1.807, 2.05) is 50.2 Å². The summed E-state index contributed by atoms with van der Waals surface area (Å²) in [4.78, 5) is 12.0. The first kappa shape index (κ1) is 16.8. The minimum absolute atomic E-state index is 0.0406. The van der Waals surface area contributed by atoms with Crippen LogP contribution in [0.3, 0.4) is 0 Å². The lowest BCUT2D eigenvalue weighted by atomic mass is 10.2. The van der Waals surface area contributed by atoms with E-state index < -0.39 is 0 Å². The summed E-state index contributed by atoms with van der Waals surface area (Å²) < 4.78 is 0.999. The molecule has 0 heterocycles. The predicted octanol–water partition coefficient (Wildman–Crippen LogP) is 5.16. The first-order valence-corrected chi connectivity index (χ1v) is 8.19. The predicted molar refractivity (Wildman–Crippen MR) is 96.8 cm³/mol. The molecule has 0 bridgehead atoms. The number of rotatable bonds is 5. The molecule has 22 heavy (non-hydrogen) atoms. The number of amides is 1. The molecule has 5 heteroatoms. The molecule has 0 radical (unpaired) electrons. The minimum Gasteiger partial charge on any atom is -0.384 e. The van der Waals surface area contributed by atoms with E-state index in [1.54, 1.807) is 0 Å². The second kappa shape index (κ2) is 7.65. The van der Waals surface area contributed by atoms with Gasteiger partial charge in [-0.15, -0.1) is 0 Å². The lowest BCUT2D eigenvalue weighted by Crippen LogP contribution is -2.17. The van der Waals surface area contributed by atoms with Crippen molar-refractivity contribution < 1.29 is 4.79 Å². The monoisotopic (exact) mass is 380 g/mol. The number of halogens is 2. The second-order valence-electron chi connectivity index (χ2n) is 5.12. The number of carbonyl (C=O) groups is 1. The normalized spacial score (nSPS) is 10.4. The van der Waals surface area contributed by atoms with Gasteiger partial charge in [0.1, 0.15) is 0 Å². The van der Waals surface area contributed by atoms with Gasteiger partial charge in [0, 0.05) is 33.8 Å². The van der Waals surface area contributed by atoms with Gasteiger partial charge in [0.15, 0.2) is 0 Å². The van der Waals surface area contributed by atoms with Crippen LogP contribution in [0.1, 0.15) is 17.5 Å². The number of aryl methyl sites for hydroxylation is 1. The van der Waals surface area contributed by atoms with Gasteiger partial charge in [0.05, 0.1) is 0 Å². The van der Waals surface area contributed by atoms with Crippen LogP contribution in [0, 0.1) is 13.8 Å². The molecule has 0 fully saturated rings. The number of hydrogen-bond donors (Lipinski definition) is 2. The first-order valence-electron chi connectivity index (χ1n) is 7.02. The Hall–Kier alpha value is -1.52. The van der Waals surface area contributed by atoms with Crippen LogP contribution in [0.25, 0.3) is 0 Å². The van der Waals surface area contributed by atoms with Crippen molar-refractivity contribution in [2.45, 2.75) is 20.3 Å². The van der Waals surface area contributed by atoms with Gasteiger partial charge in [-0.2, -0.15) is 0 Å². The molecule has 2 aromatic carbocycles. The third-order valence-electron chi connectivity index (χ3n) is 3.33. The standard InChI is InChI=1S/C17H18BrClN2O/c1-11-6-7-16(13(18)10-11)20-9-8-17(22)21-15-5-3-4-14(19)12(15)2/h3-7,10,20H,8-9H2,1-2H3,(H,21,22). The maximum atomic E-state index is 12.0. The third-order valence-corrected chi connectivity index (χ3v) is 4.40. The molecule has 0 atom stereocenters. The number of anilines is 2. The molecule has 0 aromatic heterocycles. The fourth-order valence-corrected chi connectivity index (χ4v) is 2.84. The molecular formula is C17H18BrClN2O. The molecule has 2 aromatic rings. The summed E-state index contributed by atoms with van der Waals surface area (Å²) >= 11 is 9.55. The third kappa shape index (κ3) is 4.49. The van der Waals surface area contributed by atoms with Crippen molar-refractivity contribution in [3.8, 4) is 0 Å². The molecule has 0 aliphatic rings. The summed E-state index contributed by atoms with van der Waals surface area (Å²) in [5, 5.41) is 6.79. The molecule has 1 amide bonds. The Morgan fingerprint density at radius 3 is 2.68 bits per heavy atom. The average Bonchev–Trinajstić information content (AvgIpc) is 2.46. The Kier molecular flexibility index (Phi) is 5.86. The fourth-order valence-electron chi connectivity index (χ4n) is 2.03. The van der Waals surface area contributed by atoms with Crippen molar-refractivity contribution in [2.24, 2.45) is 0 Å². The van der Waals surface area contributed by atoms with Gasteiger partial charge in [-0.05, 0) is 65.2 Å². The average molecular weight is 382 g/mol. The van der Waals surface area contributed by atoms with E-state index in [-0.39, 0.29) is 5.91 Å². The van der Waals surface area contributed by atoms with E-state index in [4.69, 9.17) is 11.6 Å². The largest absolute Gasteiger partial charge is 0.384 e. The fraction of sp³-hybridized carbons (Fsp3) is 0.235. The number of hydrogen-bond acceptors (Lipinski definition) is 2. The van der Waals surface area contributed by atoms with E-state index in [2.05, 4.69) is 26.6 Å². The van der Waals surface area contributed by atoms with Crippen molar-refractivity contribution >= 4 is 44.8 Å². The number of nitrogens with one attached hydrogen (secondary N) is 2. The van der Waals surface area contributed by atoms with Crippen molar-refractivity contribution in [1.82, 2.24) is 0 Å². The number of benzene rings is 2. The Morgan fingerprint density at radius 1 is 1.18 bits per heavy atom. The first-order chi connectivity index (χ1) is 10.5. The van der Waals surface area contributed by atoms with Crippen LogP contribution in [0.2, 0.25) is 5.02 Å². The lowest BCUT2D eigenvalue weighted by Gasteiger charge is -2.11. The highest BCUT2D eigenvalue weighted by atomic mass is 79.9. The zero-order chi connectivity index (χ0) is 16.1. The van der Waals surface area contributed by atoms with E-state index >= 15 is 0 Å². The quantitative estimate of drug-likeness (QED) is 0.751. The van der Waals surface area contributed by atoms with E-state index in [0.29, 0.717) is 18.0 Å². The van der Waals surface area contributed by atoms with Gasteiger partial charge >= 0.3 is 0 Å². The highest BCUT2D eigenvalue weighted by Gasteiger charge is 2.07. The highest BCUT2D eigenvalue weighted by molar-refractivity contribution is 9.10. The van der Waals surface area contributed by atoms with Crippen LogP contribution < -0.4 is 10.6 Å². The van der Waals surface area contributed by atoms with Crippen molar-refractivity contribution in [1.29, 1.82) is 0 Å². The van der Waals surface area contributed by atoms with E-state index in [1.165, 1.54) is 5.56 Å². The Morgan fingerprint density at radius 2 is 1.95 bits per heavy atom. The van der Waals surface area contributed by atoms with Gasteiger partial charge in [0.25, 0.3) is 0 Å². The molecular weight excluding hydrogens is 364 g/mol. The summed E-state index contributed by atoms with van der Waals surface area (Å²) in [5.41, 5.74) is 3.81. The Labute approximate surface area is 144 Å². The summed E-state index contributed by atoms with van der Waals surface area (Å²) in [7, 11) is 0. The Bertz CT molecular complexity index is 688. The van der Waals surface area contributed by atoms with Crippen LogP contribution in [-0.4, -0.2) is 12.5 Å². The minimum atomic E-state index is -0.0406. The zero-order valence-electron chi connectivity index (χ0n) is 12.5. The van der Waals surface area contributed by atoms with E-state index in [9.17, 15) is 4.79 Å². The van der Waals surface area contributed by atoms with Crippen LogP contribution in [0.5, 0.6) is 0 Å². The SMILES string of the molecule is Cc1ccc(NCCC(=O)Nc2cccc(Cl)c2C)c(Br)c1. The van der Waals surface area contributed by atoms with Crippen LogP contribution >= 0.6 is 27.5 Å². The molecule has 3 nitrogen and oxygen atoms in total. The second-order valence-corrected chi connectivity index (χ2v) is 6.38. The molecule has 0 aliphatic heterocycles. The molecule has 2 N–H and O–H groups in total. The van der Waals surface area contributed by atoms with Gasteiger partial charge in [-0.1, -0.05) is 23.7 Å². The van der Waals surface area contributed by atoms with Crippen LogP contribution in [0.4, 0.5) is 11.4 Å². The molecule has 0 spiro atoms. The van der Waals surface area contributed by atoms with Gasteiger partial charge in [-0.25, -0.2) is 0 Å². The van der Waals surface area contributed by atoms with Gasteiger partial charge in [-0.3, -0.25) is 4.79 Å². The summed E-state index contributed by atoms with van der Waals surface area (Å²) in [6.07, 6.45) is 0.381. The molecule has 0 saturated carbocycles. The molecule has 2 rings (SSSR count). The summed E-state index contributed by atoms with van der Waals surface area (Å²) in [6, 6.07) is 11.6. The van der Waals surface area contributed by atoms with Crippen molar-refractivity contribution in [3.05, 3.63) is 57.0 Å². The smallest absolute Gasteiger partial charge is 0.226 e.